The van der Waals surface area contributed by atoms with Gasteiger partial charge in [0.05, 0.1) is 11.4 Å². The Morgan fingerprint density at radius 3 is 2.61 bits per heavy atom. The quantitative estimate of drug-likeness (QED) is 0.777. The van der Waals surface area contributed by atoms with Gasteiger partial charge in [-0.05, 0) is 55.0 Å². The van der Waals surface area contributed by atoms with Crippen LogP contribution in [0.5, 0.6) is 0 Å². The smallest absolute Gasteiger partial charge is 0.204 e. The molecule has 1 heterocycles. The summed E-state index contributed by atoms with van der Waals surface area (Å²) < 4.78 is 0. The molecule has 0 bridgehead atoms. The Bertz CT molecular complexity index is 810. The second-order valence-electron chi connectivity index (χ2n) is 5.46. The summed E-state index contributed by atoms with van der Waals surface area (Å²) in [6.07, 6.45) is 4.91. The SMILES string of the molecule is Cc1cc(N(C)C)ccc1N=C1C=CC(=O)c2ncccc21.[Cu]. The molecule has 0 fully saturated rings. The van der Waals surface area contributed by atoms with Crippen molar-refractivity contribution in [2.24, 2.45) is 4.99 Å². The number of benzene rings is 1. The molecule has 0 saturated carbocycles. The van der Waals surface area contributed by atoms with E-state index in [-0.39, 0.29) is 22.9 Å². The van der Waals surface area contributed by atoms with Crippen LogP contribution in [-0.2, 0) is 17.1 Å². The second kappa shape index (κ2) is 6.90. The Morgan fingerprint density at radius 2 is 1.91 bits per heavy atom. The Hall–Kier alpha value is -2.23. The molecule has 1 aliphatic rings. The number of aromatic nitrogens is 1. The zero-order chi connectivity index (χ0) is 15.7. The monoisotopic (exact) mass is 354 g/mol. The predicted octanol–water partition coefficient (Wildman–Crippen LogP) is 3.33. The molecule has 1 aromatic carbocycles. The summed E-state index contributed by atoms with van der Waals surface area (Å²) in [7, 11) is 4.02. The molecule has 0 aliphatic heterocycles. The minimum absolute atomic E-state index is 0. The normalized spacial score (nSPS) is 14.4. The van der Waals surface area contributed by atoms with E-state index < -0.39 is 0 Å². The molecule has 23 heavy (non-hydrogen) atoms. The van der Waals surface area contributed by atoms with Crippen molar-refractivity contribution in [2.75, 3.05) is 19.0 Å². The van der Waals surface area contributed by atoms with Gasteiger partial charge in [0.15, 0.2) is 0 Å². The Balaban J connectivity index is 0.00000192. The fourth-order valence-corrected chi connectivity index (χ4v) is 2.40. The number of rotatable bonds is 2. The fourth-order valence-electron chi connectivity index (χ4n) is 2.40. The van der Waals surface area contributed by atoms with Gasteiger partial charge in [-0.1, -0.05) is 0 Å². The number of aliphatic imine (C=N–C) groups is 1. The number of anilines is 1. The fraction of sp³-hybridized carbons (Fsp3) is 0.167. The van der Waals surface area contributed by atoms with E-state index in [2.05, 4.69) is 16.0 Å². The number of fused-ring (bicyclic) bond motifs is 1. The maximum absolute atomic E-state index is 11.9. The molecule has 1 aliphatic carbocycles. The van der Waals surface area contributed by atoms with E-state index in [4.69, 9.17) is 4.99 Å². The second-order valence-corrected chi connectivity index (χ2v) is 5.46. The first-order chi connectivity index (χ1) is 10.6. The van der Waals surface area contributed by atoms with Gasteiger partial charge in [-0.2, -0.15) is 0 Å². The largest absolute Gasteiger partial charge is 0.378 e. The Labute approximate surface area is 146 Å². The molecule has 0 amide bonds. The Morgan fingerprint density at radius 1 is 1.13 bits per heavy atom. The van der Waals surface area contributed by atoms with Crippen molar-refractivity contribution in [3.05, 3.63) is 65.5 Å². The molecule has 2 aromatic rings. The first kappa shape index (κ1) is 17.1. The third-order valence-corrected chi connectivity index (χ3v) is 3.65. The first-order valence-corrected chi connectivity index (χ1v) is 7.11. The van der Waals surface area contributed by atoms with Crippen molar-refractivity contribution in [3.8, 4) is 0 Å². The van der Waals surface area contributed by atoms with Crippen molar-refractivity contribution < 1.29 is 21.9 Å². The van der Waals surface area contributed by atoms with Crippen molar-refractivity contribution in [3.63, 3.8) is 0 Å². The van der Waals surface area contributed by atoms with Crippen LogP contribution >= 0.6 is 0 Å². The molecular formula is C18H17CuN3O. The number of carbonyl (C=O) groups is 1. The standard InChI is InChI=1S/C18H17N3O.Cu/c1-12-11-13(21(2)3)6-7-15(12)20-16-8-9-17(22)18-14(16)5-4-10-19-18;/h4-11H,1-3H3;. The van der Waals surface area contributed by atoms with Crippen molar-refractivity contribution in [1.29, 1.82) is 0 Å². The molecule has 4 nitrogen and oxygen atoms in total. The molecule has 121 valence electrons. The van der Waals surface area contributed by atoms with Crippen LogP contribution in [0, 0.1) is 6.92 Å². The summed E-state index contributed by atoms with van der Waals surface area (Å²) in [6.45, 7) is 2.04. The van der Waals surface area contributed by atoms with E-state index in [1.165, 1.54) is 6.08 Å². The van der Waals surface area contributed by atoms with Crippen molar-refractivity contribution in [1.82, 2.24) is 4.98 Å². The number of allylic oxidation sites excluding steroid dienone is 2. The molecule has 1 radical (unpaired) electrons. The predicted molar refractivity (Wildman–Crippen MR) is 89.4 cm³/mol. The minimum Gasteiger partial charge on any atom is -0.378 e. The number of hydrogen-bond acceptors (Lipinski definition) is 4. The average Bonchev–Trinajstić information content (AvgIpc) is 2.52. The van der Waals surface area contributed by atoms with E-state index in [0.717, 1.165) is 28.2 Å². The van der Waals surface area contributed by atoms with E-state index in [1.807, 2.05) is 45.3 Å². The van der Waals surface area contributed by atoms with Crippen LogP contribution in [0.15, 0.2) is 53.7 Å². The number of hydrogen-bond donors (Lipinski definition) is 0. The molecule has 0 saturated heterocycles. The van der Waals surface area contributed by atoms with E-state index in [0.29, 0.717) is 5.69 Å². The van der Waals surface area contributed by atoms with Gasteiger partial charge in [-0.15, -0.1) is 0 Å². The number of pyridine rings is 1. The van der Waals surface area contributed by atoms with Crippen LogP contribution in [0.3, 0.4) is 0 Å². The summed E-state index contributed by atoms with van der Waals surface area (Å²) in [4.78, 5) is 22.8. The van der Waals surface area contributed by atoms with Gasteiger partial charge >= 0.3 is 0 Å². The van der Waals surface area contributed by atoms with E-state index in [1.54, 1.807) is 12.3 Å². The number of ketones is 1. The van der Waals surface area contributed by atoms with E-state index in [9.17, 15) is 4.79 Å². The third kappa shape index (κ3) is 3.41. The average molecular weight is 355 g/mol. The van der Waals surface area contributed by atoms with Gasteiger partial charge in [0.25, 0.3) is 0 Å². The van der Waals surface area contributed by atoms with Gasteiger partial charge in [0.2, 0.25) is 5.78 Å². The first-order valence-electron chi connectivity index (χ1n) is 7.11. The van der Waals surface area contributed by atoms with Gasteiger partial charge in [0.1, 0.15) is 5.69 Å². The summed E-state index contributed by atoms with van der Waals surface area (Å²) >= 11 is 0. The molecule has 0 spiro atoms. The number of aryl methyl sites for hydroxylation is 1. The van der Waals surface area contributed by atoms with Gasteiger partial charge < -0.3 is 4.90 Å². The zero-order valence-electron chi connectivity index (χ0n) is 13.2. The summed E-state index contributed by atoms with van der Waals surface area (Å²) in [5.41, 5.74) is 5.14. The van der Waals surface area contributed by atoms with Crippen LogP contribution in [0.25, 0.3) is 0 Å². The van der Waals surface area contributed by atoms with Gasteiger partial charge in [0, 0.05) is 48.6 Å². The van der Waals surface area contributed by atoms with Crippen molar-refractivity contribution in [2.45, 2.75) is 6.92 Å². The van der Waals surface area contributed by atoms with Crippen LogP contribution < -0.4 is 4.90 Å². The maximum Gasteiger partial charge on any atom is 0.204 e. The maximum atomic E-state index is 11.9. The molecule has 5 heteroatoms. The van der Waals surface area contributed by atoms with Crippen LogP contribution in [0.4, 0.5) is 11.4 Å². The molecular weight excluding hydrogens is 338 g/mol. The zero-order valence-corrected chi connectivity index (χ0v) is 14.1. The van der Waals surface area contributed by atoms with Gasteiger partial charge in [-0.25, -0.2) is 4.99 Å². The van der Waals surface area contributed by atoms with Gasteiger partial charge in [-0.3, -0.25) is 9.78 Å². The molecule has 0 unspecified atom stereocenters. The summed E-state index contributed by atoms with van der Waals surface area (Å²) in [5.74, 6) is -0.0748. The molecule has 0 atom stereocenters. The van der Waals surface area contributed by atoms with Crippen LogP contribution in [-0.4, -0.2) is 30.6 Å². The number of nitrogens with zero attached hydrogens (tertiary/aromatic N) is 3. The summed E-state index contributed by atoms with van der Waals surface area (Å²) in [5, 5.41) is 0. The molecule has 1 aromatic heterocycles. The molecule has 3 rings (SSSR count). The minimum atomic E-state index is -0.0748. The van der Waals surface area contributed by atoms with Crippen LogP contribution in [0.1, 0.15) is 21.6 Å². The molecule has 0 N–H and O–H groups in total. The number of carbonyl (C=O) groups excluding carboxylic acids is 1. The van der Waals surface area contributed by atoms with Crippen molar-refractivity contribution >= 4 is 22.9 Å². The van der Waals surface area contributed by atoms with E-state index >= 15 is 0 Å². The topological polar surface area (TPSA) is 45.6 Å². The summed E-state index contributed by atoms with van der Waals surface area (Å²) in [6, 6.07) is 9.84. The van der Waals surface area contributed by atoms with Crippen LogP contribution in [0.2, 0.25) is 0 Å². The third-order valence-electron chi connectivity index (χ3n) is 3.65. The Kier molecular flexibility index (Phi) is 5.14.